The first-order chi connectivity index (χ1) is 15.8. The van der Waals surface area contributed by atoms with E-state index in [1.165, 1.54) is 24.3 Å². The summed E-state index contributed by atoms with van der Waals surface area (Å²) in [5, 5.41) is 5.03. The third-order valence-corrected chi connectivity index (χ3v) is 7.77. The van der Waals surface area contributed by atoms with E-state index >= 15 is 0 Å². The van der Waals surface area contributed by atoms with E-state index in [2.05, 4.69) is 15.8 Å². The lowest BCUT2D eigenvalue weighted by Crippen LogP contribution is -2.41. The fourth-order valence-electron chi connectivity index (χ4n) is 2.86. The lowest BCUT2D eigenvalue weighted by atomic mass is 10.1. The molecule has 0 unspecified atom stereocenters. The Balaban J connectivity index is 1.30. The minimum absolute atomic E-state index is 0.107. The lowest BCUT2D eigenvalue weighted by Gasteiger charge is -2.08. The van der Waals surface area contributed by atoms with E-state index in [9.17, 15) is 18.0 Å². The van der Waals surface area contributed by atoms with Crippen molar-refractivity contribution in [2.45, 2.75) is 15.0 Å². The SMILES string of the molecule is NS(=O)(=O)c1ccc(C(=O)NNC(=O)c2ccc(CSc3nc4ccccc4s3)cc2)cc1. The first-order valence-electron chi connectivity index (χ1n) is 9.60. The average molecular weight is 499 g/mol. The molecule has 0 fully saturated rings. The Morgan fingerprint density at radius 1 is 0.879 bits per heavy atom. The van der Waals surface area contributed by atoms with Crippen LogP contribution in [0.3, 0.4) is 0 Å². The Morgan fingerprint density at radius 3 is 2.03 bits per heavy atom. The molecule has 4 N–H and O–H groups in total. The molecule has 0 aliphatic rings. The number of thiazole rings is 1. The Kier molecular flexibility index (Phi) is 6.75. The monoisotopic (exact) mass is 498 g/mol. The van der Waals surface area contributed by atoms with Crippen LogP contribution in [0.1, 0.15) is 26.3 Å². The number of primary sulfonamides is 1. The van der Waals surface area contributed by atoms with Gasteiger partial charge in [-0.15, -0.1) is 11.3 Å². The van der Waals surface area contributed by atoms with Crippen molar-refractivity contribution >= 4 is 55.2 Å². The molecule has 2 amide bonds. The van der Waals surface area contributed by atoms with Gasteiger partial charge in [-0.2, -0.15) is 0 Å². The van der Waals surface area contributed by atoms with Crippen LogP contribution in [-0.2, 0) is 15.8 Å². The van der Waals surface area contributed by atoms with E-state index in [1.807, 2.05) is 36.4 Å². The van der Waals surface area contributed by atoms with Crippen LogP contribution in [0.4, 0.5) is 0 Å². The molecule has 33 heavy (non-hydrogen) atoms. The predicted molar refractivity (Wildman–Crippen MR) is 128 cm³/mol. The van der Waals surface area contributed by atoms with E-state index in [-0.39, 0.29) is 10.5 Å². The molecule has 0 aliphatic heterocycles. The van der Waals surface area contributed by atoms with Gasteiger partial charge in [-0.05, 0) is 54.1 Å². The number of aromatic nitrogens is 1. The van der Waals surface area contributed by atoms with Gasteiger partial charge in [-0.25, -0.2) is 18.5 Å². The highest BCUT2D eigenvalue weighted by atomic mass is 32.2. The van der Waals surface area contributed by atoms with E-state index in [1.54, 1.807) is 35.2 Å². The van der Waals surface area contributed by atoms with Crippen molar-refractivity contribution in [3.05, 3.63) is 89.5 Å². The number of carbonyl (C=O) groups excluding carboxylic acids is 2. The normalized spacial score (nSPS) is 11.3. The zero-order chi connectivity index (χ0) is 23.4. The van der Waals surface area contributed by atoms with Gasteiger partial charge in [0, 0.05) is 16.9 Å². The summed E-state index contributed by atoms with van der Waals surface area (Å²) in [6, 6.07) is 20.1. The van der Waals surface area contributed by atoms with Crippen molar-refractivity contribution in [1.82, 2.24) is 15.8 Å². The second-order valence-corrected chi connectivity index (χ2v) is 10.7. The quantitative estimate of drug-likeness (QED) is 0.276. The molecule has 0 aliphatic carbocycles. The van der Waals surface area contributed by atoms with Crippen LogP contribution < -0.4 is 16.0 Å². The molecule has 4 rings (SSSR count). The Bertz CT molecular complexity index is 1380. The lowest BCUT2D eigenvalue weighted by molar-refractivity contribution is 0.0846. The zero-order valence-corrected chi connectivity index (χ0v) is 19.5. The number of nitrogens with two attached hydrogens (primary N) is 1. The number of nitrogens with zero attached hydrogens (tertiary/aromatic N) is 1. The summed E-state index contributed by atoms with van der Waals surface area (Å²) in [7, 11) is -3.84. The van der Waals surface area contributed by atoms with E-state index in [4.69, 9.17) is 5.14 Å². The maximum atomic E-state index is 12.3. The van der Waals surface area contributed by atoms with Gasteiger partial charge >= 0.3 is 0 Å². The summed E-state index contributed by atoms with van der Waals surface area (Å²) in [4.78, 5) is 29.0. The standard InChI is InChI=1S/C22H18N4O4S3/c23-33(29,30)17-11-9-16(10-12-17)21(28)26-25-20(27)15-7-5-14(6-8-15)13-31-22-24-18-3-1-2-4-19(18)32-22/h1-12H,13H2,(H,25,27)(H,26,28)(H2,23,29,30). The van der Waals surface area contributed by atoms with Crippen LogP contribution in [0.15, 0.2) is 82.0 Å². The third kappa shape index (κ3) is 5.76. The molecule has 3 aromatic carbocycles. The van der Waals surface area contributed by atoms with E-state index < -0.39 is 21.8 Å². The number of hydrogen-bond donors (Lipinski definition) is 3. The summed E-state index contributed by atoms with van der Waals surface area (Å²) in [5.41, 5.74) is 7.22. The van der Waals surface area contributed by atoms with Crippen LogP contribution >= 0.6 is 23.1 Å². The second kappa shape index (κ2) is 9.71. The summed E-state index contributed by atoms with van der Waals surface area (Å²) in [6.45, 7) is 0. The molecule has 1 aromatic heterocycles. The number of hydrazine groups is 1. The molecular formula is C22H18N4O4S3. The third-order valence-electron chi connectivity index (χ3n) is 4.59. The molecule has 0 spiro atoms. The Hall–Kier alpha value is -3.25. The van der Waals surface area contributed by atoms with Gasteiger partial charge in [0.1, 0.15) is 0 Å². The van der Waals surface area contributed by atoms with Gasteiger partial charge in [0.2, 0.25) is 10.0 Å². The highest BCUT2D eigenvalue weighted by molar-refractivity contribution is 8.00. The predicted octanol–water partition coefficient (Wildman–Crippen LogP) is 3.31. The average Bonchev–Trinajstić information content (AvgIpc) is 3.24. The summed E-state index contributed by atoms with van der Waals surface area (Å²) >= 11 is 3.28. The number of thioether (sulfide) groups is 1. The van der Waals surface area contributed by atoms with Crippen LogP contribution in [0, 0.1) is 0 Å². The first kappa shape index (κ1) is 22.9. The van der Waals surface area contributed by atoms with E-state index in [0.717, 1.165) is 20.1 Å². The van der Waals surface area contributed by atoms with Crippen molar-refractivity contribution in [1.29, 1.82) is 0 Å². The van der Waals surface area contributed by atoms with Crippen LogP contribution in [0.2, 0.25) is 0 Å². The Morgan fingerprint density at radius 2 is 1.45 bits per heavy atom. The minimum atomic E-state index is -3.84. The van der Waals surface area contributed by atoms with Gasteiger partial charge in [0.05, 0.1) is 15.1 Å². The number of sulfonamides is 1. The first-order valence-corrected chi connectivity index (χ1v) is 13.0. The van der Waals surface area contributed by atoms with Gasteiger partial charge < -0.3 is 0 Å². The smallest absolute Gasteiger partial charge is 0.267 e. The molecular weight excluding hydrogens is 480 g/mol. The van der Waals surface area contributed by atoms with Crippen LogP contribution in [0.5, 0.6) is 0 Å². The fraction of sp³-hybridized carbons (Fsp3) is 0.0455. The number of benzene rings is 3. The van der Waals surface area contributed by atoms with Crippen molar-refractivity contribution in [2.75, 3.05) is 0 Å². The minimum Gasteiger partial charge on any atom is -0.267 e. The Labute approximate surface area is 198 Å². The van der Waals surface area contributed by atoms with Gasteiger partial charge in [-0.3, -0.25) is 20.4 Å². The second-order valence-electron chi connectivity index (χ2n) is 6.91. The molecule has 4 aromatic rings. The van der Waals surface area contributed by atoms with Crippen molar-refractivity contribution in [2.24, 2.45) is 5.14 Å². The maximum Gasteiger partial charge on any atom is 0.269 e. The molecule has 1 heterocycles. The van der Waals surface area contributed by atoms with Crippen molar-refractivity contribution < 1.29 is 18.0 Å². The summed E-state index contributed by atoms with van der Waals surface area (Å²) in [6.07, 6.45) is 0. The number of nitrogens with one attached hydrogen (secondary N) is 2. The summed E-state index contributed by atoms with van der Waals surface area (Å²) in [5.74, 6) is -0.351. The van der Waals surface area contributed by atoms with Crippen LogP contribution in [-0.4, -0.2) is 25.2 Å². The fourth-order valence-corrected chi connectivity index (χ4v) is 5.40. The number of fused-ring (bicyclic) bond motifs is 1. The number of rotatable bonds is 6. The van der Waals surface area contributed by atoms with Gasteiger partial charge in [-0.1, -0.05) is 36.0 Å². The van der Waals surface area contributed by atoms with Crippen molar-refractivity contribution in [3.63, 3.8) is 0 Å². The molecule has 168 valence electrons. The number of carbonyl (C=O) groups is 2. The highest BCUT2D eigenvalue weighted by Gasteiger charge is 2.12. The molecule has 0 radical (unpaired) electrons. The maximum absolute atomic E-state index is 12.3. The van der Waals surface area contributed by atoms with Crippen LogP contribution in [0.25, 0.3) is 10.2 Å². The van der Waals surface area contributed by atoms with E-state index in [0.29, 0.717) is 11.3 Å². The number of para-hydroxylation sites is 1. The zero-order valence-electron chi connectivity index (χ0n) is 17.0. The highest BCUT2D eigenvalue weighted by Crippen LogP contribution is 2.31. The molecule has 0 saturated heterocycles. The van der Waals surface area contributed by atoms with Gasteiger partial charge in [0.25, 0.3) is 11.8 Å². The number of hydrogen-bond acceptors (Lipinski definition) is 7. The number of amides is 2. The summed E-state index contributed by atoms with van der Waals surface area (Å²) < 4.78 is 24.7. The molecule has 0 atom stereocenters. The molecule has 8 nitrogen and oxygen atoms in total. The molecule has 0 saturated carbocycles. The topological polar surface area (TPSA) is 131 Å². The molecule has 0 bridgehead atoms. The largest absolute Gasteiger partial charge is 0.269 e. The van der Waals surface area contributed by atoms with Gasteiger partial charge in [0.15, 0.2) is 4.34 Å². The van der Waals surface area contributed by atoms with Crippen molar-refractivity contribution in [3.8, 4) is 0 Å². The molecule has 11 heteroatoms.